The quantitative estimate of drug-likeness (QED) is 0.0684. The summed E-state index contributed by atoms with van der Waals surface area (Å²) in [5, 5.41) is 0. The molecule has 0 spiro atoms. The topological polar surface area (TPSA) is 195 Å². The smallest absolute Gasteiger partial charge is 0.319 e. The number of ether oxygens (including phenoxy) is 8. The Morgan fingerprint density at radius 2 is 0.794 bits per heavy atom. The van der Waals surface area contributed by atoms with Gasteiger partial charge in [0, 0.05) is 19.6 Å². The summed E-state index contributed by atoms with van der Waals surface area (Å²) in [6, 6.07) is 0. The van der Waals surface area contributed by atoms with Gasteiger partial charge in [-0.25, -0.2) is 0 Å². The Morgan fingerprint density at radius 3 is 1.12 bits per heavy atom. The van der Waals surface area contributed by atoms with Crippen LogP contribution in [0.5, 0.6) is 0 Å². The summed E-state index contributed by atoms with van der Waals surface area (Å²) < 4.78 is 44.3. The molecule has 13 heteroatoms. The highest BCUT2D eigenvalue weighted by Gasteiger charge is 2.32. The molecule has 0 unspecified atom stereocenters. The third-order valence-corrected chi connectivity index (χ3v) is 4.19. The number of hydrogen-bond acceptors (Lipinski definition) is 13. The van der Waals surface area contributed by atoms with Crippen molar-refractivity contribution in [3.8, 4) is 0 Å². The Hall–Kier alpha value is -0.970. The van der Waals surface area contributed by atoms with Gasteiger partial charge in [-0.3, -0.25) is 4.79 Å². The largest absolute Gasteiger partial charge is 0.462 e. The van der Waals surface area contributed by atoms with Gasteiger partial charge < -0.3 is 60.8 Å². The Kier molecular flexibility index (Phi) is 24.4. The molecule has 0 saturated heterocycles. The first-order valence-electron chi connectivity index (χ1n) is 11.6. The van der Waals surface area contributed by atoms with Gasteiger partial charge in [0.05, 0.1) is 104 Å². The van der Waals surface area contributed by atoms with Crippen molar-refractivity contribution in [3.05, 3.63) is 0 Å². The van der Waals surface area contributed by atoms with Gasteiger partial charge in [0.15, 0.2) is 0 Å². The second-order valence-corrected chi connectivity index (χ2v) is 7.34. The Labute approximate surface area is 202 Å². The normalized spacial score (nSPS) is 11.8. The van der Waals surface area contributed by atoms with Crippen LogP contribution in [0.25, 0.3) is 0 Å². The van der Waals surface area contributed by atoms with Crippen LogP contribution < -0.4 is 22.9 Å². The molecule has 0 aliphatic carbocycles. The van der Waals surface area contributed by atoms with Crippen LogP contribution in [-0.2, 0) is 42.7 Å². The van der Waals surface area contributed by atoms with E-state index in [1.165, 1.54) is 0 Å². The first kappa shape index (κ1) is 33.0. The predicted molar refractivity (Wildman–Crippen MR) is 125 cm³/mol. The van der Waals surface area contributed by atoms with Crippen molar-refractivity contribution in [2.24, 2.45) is 28.3 Å². The summed E-state index contributed by atoms with van der Waals surface area (Å²) in [6.45, 7) is 6.46. The van der Waals surface area contributed by atoms with Gasteiger partial charge in [-0.1, -0.05) is 0 Å². The Morgan fingerprint density at radius 1 is 0.471 bits per heavy atom. The predicted octanol–water partition coefficient (Wildman–Crippen LogP) is -2.53. The second-order valence-electron chi connectivity index (χ2n) is 7.34. The van der Waals surface area contributed by atoms with E-state index in [1.54, 1.807) is 0 Å². The number of carbonyl (C=O) groups excluding carboxylic acids is 1. The van der Waals surface area contributed by atoms with E-state index in [2.05, 4.69) is 0 Å². The molecule has 0 aliphatic rings. The van der Waals surface area contributed by atoms with E-state index in [0.29, 0.717) is 98.9 Å². The Balaban J connectivity index is 4.82. The maximum absolute atomic E-state index is 11.2. The molecule has 0 bridgehead atoms. The molecule has 8 N–H and O–H groups in total. The van der Waals surface area contributed by atoms with Crippen LogP contribution >= 0.6 is 0 Å². The van der Waals surface area contributed by atoms with E-state index in [4.69, 9.17) is 60.8 Å². The van der Waals surface area contributed by atoms with Gasteiger partial charge in [0.2, 0.25) is 0 Å². The first-order chi connectivity index (χ1) is 16.6. The minimum absolute atomic E-state index is 0.0987. The van der Waals surface area contributed by atoms with Crippen LogP contribution in [0, 0.1) is 5.41 Å². The van der Waals surface area contributed by atoms with Crippen molar-refractivity contribution in [2.75, 3.05) is 125 Å². The molecular weight excluding hydrogens is 452 g/mol. The van der Waals surface area contributed by atoms with Gasteiger partial charge in [0.25, 0.3) is 0 Å². The lowest BCUT2D eigenvalue weighted by Gasteiger charge is -2.33. The lowest BCUT2D eigenvalue weighted by atomic mass is 9.92. The van der Waals surface area contributed by atoms with Gasteiger partial charge in [-0.2, -0.15) is 0 Å². The minimum Gasteiger partial charge on any atom is -0.462 e. The van der Waals surface area contributed by atoms with Crippen LogP contribution in [0.1, 0.15) is 0 Å². The van der Waals surface area contributed by atoms with Gasteiger partial charge in [-0.05, 0) is 0 Å². The third kappa shape index (κ3) is 20.4. The fourth-order valence-electron chi connectivity index (χ4n) is 2.59. The van der Waals surface area contributed by atoms with Crippen LogP contribution in [-0.4, -0.2) is 131 Å². The highest BCUT2D eigenvalue weighted by Crippen LogP contribution is 2.21. The zero-order valence-corrected chi connectivity index (χ0v) is 20.4. The van der Waals surface area contributed by atoms with Crippen molar-refractivity contribution in [3.63, 3.8) is 0 Å². The molecule has 0 aliphatic heterocycles. The standard InChI is InChI=1S/C21H46N4O9/c22-1-4-27-7-10-30-16-21(17-31-11-8-28-5-2-23,18-32-12-9-29-6-3-24)19-33-13-14-34-20(26)15-25/h1-19,22-25H2. The maximum atomic E-state index is 11.2. The molecule has 34 heavy (non-hydrogen) atoms. The average Bonchev–Trinajstić information content (AvgIpc) is 2.85. The van der Waals surface area contributed by atoms with Crippen LogP contribution in [0.4, 0.5) is 0 Å². The SMILES string of the molecule is NCCOCCOCC(COCCOCCN)(COCCOCCN)COCCOC(=O)CN. The molecule has 0 fully saturated rings. The van der Waals surface area contributed by atoms with E-state index in [9.17, 15) is 4.79 Å². The molecule has 0 heterocycles. The summed E-state index contributed by atoms with van der Waals surface area (Å²) in [4.78, 5) is 11.2. The van der Waals surface area contributed by atoms with Crippen molar-refractivity contribution in [2.45, 2.75) is 0 Å². The zero-order valence-electron chi connectivity index (χ0n) is 20.4. The molecule has 0 radical (unpaired) electrons. The lowest BCUT2D eigenvalue weighted by Crippen LogP contribution is -2.43. The van der Waals surface area contributed by atoms with Crippen molar-refractivity contribution < 1.29 is 42.7 Å². The number of hydrogen-bond donors (Lipinski definition) is 4. The molecule has 13 nitrogen and oxygen atoms in total. The van der Waals surface area contributed by atoms with Gasteiger partial charge in [0.1, 0.15) is 6.61 Å². The van der Waals surface area contributed by atoms with E-state index in [0.717, 1.165) is 0 Å². The number of esters is 1. The average molecular weight is 499 g/mol. The highest BCUT2D eigenvalue weighted by molar-refractivity contribution is 5.71. The first-order valence-corrected chi connectivity index (χ1v) is 11.6. The molecule has 0 aromatic heterocycles. The van der Waals surface area contributed by atoms with Crippen molar-refractivity contribution >= 4 is 5.97 Å². The summed E-state index contributed by atoms with van der Waals surface area (Å²) in [7, 11) is 0. The van der Waals surface area contributed by atoms with Crippen molar-refractivity contribution in [1.82, 2.24) is 0 Å². The summed E-state index contributed by atoms with van der Waals surface area (Å²) in [5.74, 6) is -0.489. The van der Waals surface area contributed by atoms with E-state index < -0.39 is 11.4 Å². The molecule has 204 valence electrons. The monoisotopic (exact) mass is 498 g/mol. The molecule has 0 amide bonds. The number of nitrogens with two attached hydrogens (primary N) is 4. The lowest BCUT2D eigenvalue weighted by molar-refractivity contribution is -0.146. The van der Waals surface area contributed by atoms with Crippen molar-refractivity contribution in [1.29, 1.82) is 0 Å². The van der Waals surface area contributed by atoms with Gasteiger partial charge >= 0.3 is 5.97 Å². The van der Waals surface area contributed by atoms with Crippen LogP contribution in [0.15, 0.2) is 0 Å². The number of rotatable bonds is 27. The van der Waals surface area contributed by atoms with E-state index in [-0.39, 0.29) is 26.4 Å². The van der Waals surface area contributed by atoms with Gasteiger partial charge in [-0.15, -0.1) is 0 Å². The third-order valence-electron chi connectivity index (χ3n) is 4.19. The second kappa shape index (κ2) is 25.1. The zero-order chi connectivity index (χ0) is 25.2. The molecular formula is C21H46N4O9. The molecule has 0 aromatic rings. The van der Waals surface area contributed by atoms with E-state index in [1.807, 2.05) is 0 Å². The fourth-order valence-corrected chi connectivity index (χ4v) is 2.59. The van der Waals surface area contributed by atoms with Crippen LogP contribution in [0.2, 0.25) is 0 Å². The minimum atomic E-state index is -0.618. The van der Waals surface area contributed by atoms with E-state index >= 15 is 0 Å². The fraction of sp³-hybridized carbons (Fsp3) is 0.952. The Bertz CT molecular complexity index is 410. The summed E-state index contributed by atoms with van der Waals surface area (Å²) in [5.41, 5.74) is 20.9. The molecule has 0 rings (SSSR count). The number of carbonyl (C=O) groups is 1. The van der Waals surface area contributed by atoms with Crippen LogP contribution in [0.3, 0.4) is 0 Å². The molecule has 0 saturated carbocycles. The highest BCUT2D eigenvalue weighted by atomic mass is 16.6. The molecule has 0 atom stereocenters. The molecule has 0 aromatic carbocycles. The summed E-state index contributed by atoms with van der Waals surface area (Å²) >= 11 is 0. The summed E-state index contributed by atoms with van der Waals surface area (Å²) in [6.07, 6.45) is 0. The maximum Gasteiger partial charge on any atom is 0.319 e.